The fourth-order valence-corrected chi connectivity index (χ4v) is 2.06. The van der Waals surface area contributed by atoms with Crippen molar-refractivity contribution < 1.29 is 4.74 Å². The van der Waals surface area contributed by atoms with Gasteiger partial charge in [0, 0.05) is 19.3 Å². The summed E-state index contributed by atoms with van der Waals surface area (Å²) in [6.45, 7) is 7.60. The van der Waals surface area contributed by atoms with Crippen LogP contribution in [0.5, 0.6) is 0 Å². The topological polar surface area (TPSA) is 21.3 Å². The predicted molar refractivity (Wildman–Crippen MR) is 69.8 cm³/mol. The number of hydrogen-bond donors (Lipinski definition) is 1. The van der Waals surface area contributed by atoms with Crippen molar-refractivity contribution in [1.82, 2.24) is 5.32 Å². The molecule has 0 saturated heterocycles. The third kappa shape index (κ3) is 7.24. The second kappa shape index (κ2) is 9.00. The Hall–Kier alpha value is -0.0800. The Labute approximate surface area is 101 Å². The average Bonchev–Trinajstić information content (AvgIpc) is 3.07. The van der Waals surface area contributed by atoms with Gasteiger partial charge in [0.05, 0.1) is 0 Å². The lowest BCUT2D eigenvalue weighted by molar-refractivity contribution is 0.121. The highest BCUT2D eigenvalue weighted by atomic mass is 16.5. The quantitative estimate of drug-likeness (QED) is 0.546. The van der Waals surface area contributed by atoms with Crippen molar-refractivity contribution in [2.75, 3.05) is 19.8 Å². The standard InChI is InChI=1S/C14H29NO/c1-3-6-14(7-4-2)15-10-5-11-16-12-13-8-9-13/h13-15H,3-12H2,1-2H3. The smallest absolute Gasteiger partial charge is 0.0494 e. The number of ether oxygens (including phenoxy) is 1. The summed E-state index contributed by atoms with van der Waals surface area (Å²) in [4.78, 5) is 0. The normalized spacial score (nSPS) is 15.9. The van der Waals surface area contributed by atoms with Crippen LogP contribution in [-0.4, -0.2) is 25.8 Å². The van der Waals surface area contributed by atoms with Crippen molar-refractivity contribution in [2.24, 2.45) is 5.92 Å². The van der Waals surface area contributed by atoms with Crippen molar-refractivity contribution in [2.45, 2.75) is 64.8 Å². The van der Waals surface area contributed by atoms with Crippen LogP contribution in [-0.2, 0) is 4.74 Å². The van der Waals surface area contributed by atoms with Crippen LogP contribution in [0.3, 0.4) is 0 Å². The summed E-state index contributed by atoms with van der Waals surface area (Å²) in [5, 5.41) is 3.65. The maximum absolute atomic E-state index is 5.62. The number of rotatable bonds is 11. The Morgan fingerprint density at radius 1 is 1.19 bits per heavy atom. The van der Waals surface area contributed by atoms with E-state index in [0.29, 0.717) is 0 Å². The van der Waals surface area contributed by atoms with E-state index in [9.17, 15) is 0 Å². The van der Waals surface area contributed by atoms with Gasteiger partial charge in [-0.05, 0) is 44.6 Å². The molecular weight excluding hydrogens is 198 g/mol. The van der Waals surface area contributed by atoms with Crippen LogP contribution in [0.2, 0.25) is 0 Å². The first-order chi connectivity index (χ1) is 7.86. The van der Waals surface area contributed by atoms with E-state index >= 15 is 0 Å². The highest BCUT2D eigenvalue weighted by Gasteiger charge is 2.20. The summed E-state index contributed by atoms with van der Waals surface area (Å²) < 4.78 is 5.62. The summed E-state index contributed by atoms with van der Waals surface area (Å²) in [7, 11) is 0. The van der Waals surface area contributed by atoms with E-state index in [0.717, 1.165) is 38.1 Å². The minimum Gasteiger partial charge on any atom is -0.381 e. The Morgan fingerprint density at radius 2 is 1.88 bits per heavy atom. The molecule has 96 valence electrons. The lowest BCUT2D eigenvalue weighted by atomic mass is 10.1. The van der Waals surface area contributed by atoms with E-state index in [1.165, 1.54) is 38.5 Å². The lowest BCUT2D eigenvalue weighted by Crippen LogP contribution is -2.30. The van der Waals surface area contributed by atoms with Gasteiger partial charge in [0.2, 0.25) is 0 Å². The van der Waals surface area contributed by atoms with Gasteiger partial charge in [-0.1, -0.05) is 26.7 Å². The summed E-state index contributed by atoms with van der Waals surface area (Å²) in [5.74, 6) is 0.904. The molecule has 2 nitrogen and oxygen atoms in total. The molecule has 1 saturated carbocycles. The van der Waals surface area contributed by atoms with Gasteiger partial charge >= 0.3 is 0 Å². The minimum absolute atomic E-state index is 0.735. The van der Waals surface area contributed by atoms with Gasteiger partial charge in [-0.2, -0.15) is 0 Å². The summed E-state index contributed by atoms with van der Waals surface area (Å²) >= 11 is 0. The van der Waals surface area contributed by atoms with E-state index in [-0.39, 0.29) is 0 Å². The first-order valence-corrected chi connectivity index (χ1v) is 7.18. The Kier molecular flexibility index (Phi) is 7.87. The minimum atomic E-state index is 0.735. The molecule has 1 aliphatic carbocycles. The van der Waals surface area contributed by atoms with Gasteiger partial charge in [0.15, 0.2) is 0 Å². The van der Waals surface area contributed by atoms with Crippen molar-refractivity contribution in [3.8, 4) is 0 Å². The largest absolute Gasteiger partial charge is 0.381 e. The summed E-state index contributed by atoms with van der Waals surface area (Å²) in [5.41, 5.74) is 0. The molecule has 0 radical (unpaired) electrons. The number of nitrogens with one attached hydrogen (secondary N) is 1. The van der Waals surface area contributed by atoms with E-state index in [1.54, 1.807) is 0 Å². The Morgan fingerprint density at radius 3 is 2.44 bits per heavy atom. The van der Waals surface area contributed by atoms with Crippen LogP contribution in [0.1, 0.15) is 58.8 Å². The SMILES string of the molecule is CCCC(CCC)NCCCOCC1CC1. The zero-order valence-electron chi connectivity index (χ0n) is 11.1. The average molecular weight is 227 g/mol. The molecule has 2 heteroatoms. The van der Waals surface area contributed by atoms with Crippen LogP contribution in [0.4, 0.5) is 0 Å². The second-order valence-electron chi connectivity index (χ2n) is 5.10. The van der Waals surface area contributed by atoms with Crippen LogP contribution in [0, 0.1) is 5.92 Å². The van der Waals surface area contributed by atoms with Crippen molar-refractivity contribution in [3.63, 3.8) is 0 Å². The van der Waals surface area contributed by atoms with Gasteiger partial charge in [0.1, 0.15) is 0 Å². The highest BCUT2D eigenvalue weighted by Crippen LogP contribution is 2.28. The molecule has 0 heterocycles. The molecule has 0 amide bonds. The summed E-state index contributed by atoms with van der Waals surface area (Å²) in [6, 6.07) is 0.735. The molecule has 16 heavy (non-hydrogen) atoms. The Bertz CT molecular complexity index is 151. The van der Waals surface area contributed by atoms with E-state index in [4.69, 9.17) is 4.74 Å². The second-order valence-corrected chi connectivity index (χ2v) is 5.10. The third-order valence-electron chi connectivity index (χ3n) is 3.22. The first-order valence-electron chi connectivity index (χ1n) is 7.18. The molecular formula is C14H29NO. The fraction of sp³-hybridized carbons (Fsp3) is 1.00. The van der Waals surface area contributed by atoms with Crippen LogP contribution in [0.25, 0.3) is 0 Å². The molecule has 0 aromatic carbocycles. The first kappa shape index (κ1) is 14.0. The molecule has 1 aliphatic rings. The molecule has 0 aromatic heterocycles. The van der Waals surface area contributed by atoms with Crippen LogP contribution >= 0.6 is 0 Å². The number of hydrogen-bond acceptors (Lipinski definition) is 2. The highest BCUT2D eigenvalue weighted by molar-refractivity contribution is 4.72. The zero-order valence-corrected chi connectivity index (χ0v) is 11.1. The zero-order chi connectivity index (χ0) is 11.6. The molecule has 1 fully saturated rings. The van der Waals surface area contributed by atoms with Gasteiger partial charge < -0.3 is 10.1 Å². The van der Waals surface area contributed by atoms with Crippen LogP contribution in [0.15, 0.2) is 0 Å². The fourth-order valence-electron chi connectivity index (χ4n) is 2.06. The van der Waals surface area contributed by atoms with E-state index in [1.807, 2.05) is 0 Å². The molecule has 0 spiro atoms. The molecule has 1 N–H and O–H groups in total. The third-order valence-corrected chi connectivity index (χ3v) is 3.22. The van der Waals surface area contributed by atoms with Crippen molar-refractivity contribution in [3.05, 3.63) is 0 Å². The van der Waals surface area contributed by atoms with Crippen LogP contribution < -0.4 is 5.32 Å². The molecule has 1 rings (SSSR count). The molecule has 0 aliphatic heterocycles. The lowest BCUT2D eigenvalue weighted by Gasteiger charge is -2.17. The maximum Gasteiger partial charge on any atom is 0.0494 e. The predicted octanol–water partition coefficient (Wildman–Crippen LogP) is 3.36. The van der Waals surface area contributed by atoms with E-state index in [2.05, 4.69) is 19.2 Å². The molecule has 0 bridgehead atoms. The van der Waals surface area contributed by atoms with Gasteiger partial charge in [-0.25, -0.2) is 0 Å². The maximum atomic E-state index is 5.62. The van der Waals surface area contributed by atoms with Gasteiger partial charge in [0.25, 0.3) is 0 Å². The van der Waals surface area contributed by atoms with Crippen molar-refractivity contribution >= 4 is 0 Å². The van der Waals surface area contributed by atoms with Gasteiger partial charge in [-0.3, -0.25) is 0 Å². The van der Waals surface area contributed by atoms with Crippen molar-refractivity contribution in [1.29, 1.82) is 0 Å². The molecule has 0 unspecified atom stereocenters. The van der Waals surface area contributed by atoms with E-state index < -0.39 is 0 Å². The molecule has 0 aromatic rings. The summed E-state index contributed by atoms with van der Waals surface area (Å²) in [6.07, 6.45) is 9.16. The molecule has 0 atom stereocenters. The Balaban J connectivity index is 1.85. The monoisotopic (exact) mass is 227 g/mol. The van der Waals surface area contributed by atoms with Gasteiger partial charge in [-0.15, -0.1) is 0 Å².